The summed E-state index contributed by atoms with van der Waals surface area (Å²) < 4.78 is 0. The van der Waals surface area contributed by atoms with Crippen molar-refractivity contribution in [2.45, 2.75) is 32.4 Å². The Morgan fingerprint density at radius 1 is 1.59 bits per heavy atom. The van der Waals surface area contributed by atoms with Gasteiger partial charge >= 0.3 is 0 Å². The number of nitro groups is 1. The number of rotatable bonds is 3. The number of non-ortho nitro benzene ring substituents is 1. The van der Waals surface area contributed by atoms with Crippen molar-refractivity contribution in [1.82, 2.24) is 0 Å². The number of nitro benzene ring substituents is 1. The van der Waals surface area contributed by atoms with Gasteiger partial charge in [0.1, 0.15) is 0 Å². The average Bonchev–Trinajstić information content (AvgIpc) is 2.74. The molecule has 5 nitrogen and oxygen atoms in total. The first-order chi connectivity index (χ1) is 8.13. The first-order valence-corrected chi connectivity index (χ1v) is 5.78. The predicted molar refractivity (Wildman–Crippen MR) is 65.1 cm³/mol. The average molecular weight is 236 g/mol. The van der Waals surface area contributed by atoms with Gasteiger partial charge in [0.05, 0.1) is 11.5 Å². The fourth-order valence-corrected chi connectivity index (χ4v) is 2.38. The van der Waals surface area contributed by atoms with Gasteiger partial charge in [-0.3, -0.25) is 10.1 Å². The maximum absolute atomic E-state index is 10.7. The third kappa shape index (κ3) is 2.24. The minimum Gasteiger partial charge on any atom is -0.392 e. The normalized spacial score (nSPS) is 19.6. The summed E-state index contributed by atoms with van der Waals surface area (Å²) in [7, 11) is 0. The standard InChI is InChI=1S/C12H16N2O3/c1-9-3-2-6-13(9)12-5-4-11(14(16)17)7-10(12)8-15/h4-5,7,9,15H,2-3,6,8H2,1H3. The number of aliphatic hydroxyl groups excluding tert-OH is 1. The van der Waals surface area contributed by atoms with Crippen molar-refractivity contribution < 1.29 is 10.0 Å². The highest BCUT2D eigenvalue weighted by Gasteiger charge is 2.23. The molecule has 0 spiro atoms. The van der Waals surface area contributed by atoms with E-state index in [1.165, 1.54) is 12.1 Å². The molecule has 0 radical (unpaired) electrons. The zero-order chi connectivity index (χ0) is 12.4. The van der Waals surface area contributed by atoms with Crippen molar-refractivity contribution in [3.8, 4) is 0 Å². The molecule has 0 amide bonds. The lowest BCUT2D eigenvalue weighted by Gasteiger charge is -2.25. The molecular formula is C12H16N2O3. The molecule has 0 saturated carbocycles. The Hall–Kier alpha value is -1.62. The molecule has 1 N–H and O–H groups in total. The number of hydrogen-bond donors (Lipinski definition) is 1. The second kappa shape index (κ2) is 4.71. The van der Waals surface area contributed by atoms with Gasteiger partial charge < -0.3 is 10.0 Å². The summed E-state index contributed by atoms with van der Waals surface area (Å²) in [4.78, 5) is 12.4. The van der Waals surface area contributed by atoms with Crippen molar-refractivity contribution in [3.05, 3.63) is 33.9 Å². The minimum absolute atomic E-state index is 0.0321. The summed E-state index contributed by atoms with van der Waals surface area (Å²) in [5.74, 6) is 0. The van der Waals surface area contributed by atoms with Gasteiger partial charge in [0.15, 0.2) is 0 Å². The second-order valence-electron chi connectivity index (χ2n) is 4.41. The van der Waals surface area contributed by atoms with Gasteiger partial charge in [0, 0.05) is 36.0 Å². The summed E-state index contributed by atoms with van der Waals surface area (Å²) in [5, 5.41) is 20.0. The van der Waals surface area contributed by atoms with Gasteiger partial charge in [0.2, 0.25) is 0 Å². The Bertz CT molecular complexity index is 434. The topological polar surface area (TPSA) is 66.6 Å². The molecule has 0 aromatic heterocycles. The Labute approximate surface area is 99.8 Å². The molecule has 1 atom stereocenters. The molecule has 1 aromatic carbocycles. The highest BCUT2D eigenvalue weighted by atomic mass is 16.6. The highest BCUT2D eigenvalue weighted by molar-refractivity contribution is 5.58. The molecule has 1 unspecified atom stereocenters. The summed E-state index contributed by atoms with van der Waals surface area (Å²) in [6.07, 6.45) is 2.25. The van der Waals surface area contributed by atoms with E-state index in [0.29, 0.717) is 11.6 Å². The van der Waals surface area contributed by atoms with E-state index >= 15 is 0 Å². The highest BCUT2D eigenvalue weighted by Crippen LogP contribution is 2.31. The number of anilines is 1. The Morgan fingerprint density at radius 2 is 2.35 bits per heavy atom. The molecule has 0 aliphatic carbocycles. The van der Waals surface area contributed by atoms with E-state index in [1.54, 1.807) is 6.07 Å². The van der Waals surface area contributed by atoms with E-state index in [0.717, 1.165) is 25.1 Å². The Balaban J connectivity index is 2.37. The van der Waals surface area contributed by atoms with E-state index in [1.807, 2.05) is 0 Å². The molecule has 5 heteroatoms. The predicted octanol–water partition coefficient (Wildman–Crippen LogP) is 2.08. The van der Waals surface area contributed by atoms with Crippen LogP contribution in [0.1, 0.15) is 25.3 Å². The van der Waals surface area contributed by atoms with E-state index < -0.39 is 4.92 Å². The van der Waals surface area contributed by atoms with Gasteiger partial charge in [-0.2, -0.15) is 0 Å². The van der Waals surface area contributed by atoms with Crippen LogP contribution in [0.5, 0.6) is 0 Å². The zero-order valence-corrected chi connectivity index (χ0v) is 9.80. The first-order valence-electron chi connectivity index (χ1n) is 5.78. The van der Waals surface area contributed by atoms with Gasteiger partial charge in [-0.15, -0.1) is 0 Å². The Kier molecular flexibility index (Phi) is 3.28. The third-order valence-corrected chi connectivity index (χ3v) is 3.31. The van der Waals surface area contributed by atoms with Crippen LogP contribution in [0.25, 0.3) is 0 Å². The lowest BCUT2D eigenvalue weighted by Crippen LogP contribution is -2.27. The van der Waals surface area contributed by atoms with Crippen LogP contribution in [-0.4, -0.2) is 22.6 Å². The fourth-order valence-electron chi connectivity index (χ4n) is 2.38. The third-order valence-electron chi connectivity index (χ3n) is 3.31. The van der Waals surface area contributed by atoms with Crippen molar-refractivity contribution >= 4 is 11.4 Å². The molecular weight excluding hydrogens is 220 g/mol. The van der Waals surface area contributed by atoms with Crippen LogP contribution in [0.4, 0.5) is 11.4 Å². The van der Waals surface area contributed by atoms with Crippen LogP contribution in [0.3, 0.4) is 0 Å². The maximum atomic E-state index is 10.7. The molecule has 1 aliphatic heterocycles. The van der Waals surface area contributed by atoms with E-state index in [9.17, 15) is 15.2 Å². The van der Waals surface area contributed by atoms with Gasteiger partial charge in [0.25, 0.3) is 5.69 Å². The summed E-state index contributed by atoms with van der Waals surface area (Å²) in [6.45, 7) is 2.92. The van der Waals surface area contributed by atoms with E-state index in [2.05, 4.69) is 11.8 Å². The van der Waals surface area contributed by atoms with Crippen molar-refractivity contribution in [2.75, 3.05) is 11.4 Å². The first kappa shape index (κ1) is 11.9. The quantitative estimate of drug-likeness (QED) is 0.644. The van der Waals surface area contributed by atoms with Gasteiger partial charge in [-0.1, -0.05) is 0 Å². The van der Waals surface area contributed by atoms with Crippen LogP contribution < -0.4 is 4.90 Å². The molecule has 17 heavy (non-hydrogen) atoms. The van der Waals surface area contributed by atoms with Crippen molar-refractivity contribution in [3.63, 3.8) is 0 Å². The fraction of sp³-hybridized carbons (Fsp3) is 0.500. The lowest BCUT2D eigenvalue weighted by molar-refractivity contribution is -0.384. The summed E-state index contributed by atoms with van der Waals surface area (Å²) in [5.41, 5.74) is 1.58. The number of hydrogen-bond acceptors (Lipinski definition) is 4. The minimum atomic E-state index is -0.434. The monoisotopic (exact) mass is 236 g/mol. The summed E-state index contributed by atoms with van der Waals surface area (Å²) in [6, 6.07) is 5.13. The van der Waals surface area contributed by atoms with Gasteiger partial charge in [-0.25, -0.2) is 0 Å². The molecule has 2 rings (SSSR count). The van der Waals surface area contributed by atoms with Crippen LogP contribution in [0.15, 0.2) is 18.2 Å². The second-order valence-corrected chi connectivity index (χ2v) is 4.41. The number of aliphatic hydroxyl groups is 1. The van der Waals surface area contributed by atoms with Gasteiger partial charge in [-0.05, 0) is 25.8 Å². The van der Waals surface area contributed by atoms with Crippen molar-refractivity contribution in [2.24, 2.45) is 0 Å². The SMILES string of the molecule is CC1CCCN1c1ccc([N+](=O)[O-])cc1CO. The molecule has 0 bridgehead atoms. The molecule has 1 heterocycles. The van der Waals surface area contributed by atoms with Crippen LogP contribution in [0, 0.1) is 10.1 Å². The van der Waals surface area contributed by atoms with Crippen LogP contribution in [-0.2, 0) is 6.61 Å². The molecule has 1 fully saturated rings. The van der Waals surface area contributed by atoms with E-state index in [-0.39, 0.29) is 12.3 Å². The molecule has 1 saturated heterocycles. The number of nitrogens with zero attached hydrogens (tertiary/aromatic N) is 2. The van der Waals surface area contributed by atoms with Crippen LogP contribution >= 0.6 is 0 Å². The molecule has 1 aromatic rings. The molecule has 1 aliphatic rings. The zero-order valence-electron chi connectivity index (χ0n) is 9.80. The maximum Gasteiger partial charge on any atom is 0.269 e. The van der Waals surface area contributed by atoms with Crippen LogP contribution in [0.2, 0.25) is 0 Å². The molecule has 92 valence electrons. The largest absolute Gasteiger partial charge is 0.392 e. The van der Waals surface area contributed by atoms with Crippen molar-refractivity contribution in [1.29, 1.82) is 0 Å². The number of benzene rings is 1. The van der Waals surface area contributed by atoms with E-state index in [4.69, 9.17) is 0 Å². The summed E-state index contributed by atoms with van der Waals surface area (Å²) >= 11 is 0. The lowest BCUT2D eigenvalue weighted by atomic mass is 10.1. The smallest absolute Gasteiger partial charge is 0.269 e. The Morgan fingerprint density at radius 3 is 2.88 bits per heavy atom.